The van der Waals surface area contributed by atoms with Gasteiger partial charge in [0.25, 0.3) is 0 Å². The van der Waals surface area contributed by atoms with Crippen LogP contribution in [0, 0.1) is 13.8 Å². The third kappa shape index (κ3) is 9.70. The van der Waals surface area contributed by atoms with E-state index in [0.717, 1.165) is 10.5 Å². The summed E-state index contributed by atoms with van der Waals surface area (Å²) in [4.78, 5) is 4.59. The molecule has 44 heavy (non-hydrogen) atoms. The highest BCUT2D eigenvalue weighted by Crippen LogP contribution is 2.42. The standard InChI is InChI=1S/C24H19F6N3O.C7H8S.C2H6/c1-13-2-7-19(31)18(8-13)22-16-5-3-14(32-11-23(25,26)27)9-20(16)34-21-10-15(4-6-17(21)22)33-12-24(28,29)30;1-6-2-4-7(8)5-3-6;1-2/h2-10,32H,11-12,31H2,1H3;2-5,8H,1H3;1-2H3. The monoisotopic (exact) mass is 633 g/mol. The number of nitrogen functional groups attached to an aromatic ring is 1. The molecule has 1 aliphatic carbocycles. The maximum Gasteiger partial charge on any atom is 0.407 e. The summed E-state index contributed by atoms with van der Waals surface area (Å²) >= 11 is 4.13. The summed E-state index contributed by atoms with van der Waals surface area (Å²) in [5, 5.41) is 2.94. The average molecular weight is 634 g/mol. The van der Waals surface area contributed by atoms with E-state index in [2.05, 4.69) is 29.9 Å². The van der Waals surface area contributed by atoms with Gasteiger partial charge in [0.15, 0.2) is 0 Å². The van der Waals surface area contributed by atoms with Crippen LogP contribution in [0.4, 0.5) is 37.7 Å². The van der Waals surface area contributed by atoms with Crippen LogP contribution in [0.15, 0.2) is 93.2 Å². The summed E-state index contributed by atoms with van der Waals surface area (Å²) in [5.74, 6) is 0.222. The zero-order chi connectivity index (χ0) is 32.7. The van der Waals surface area contributed by atoms with Crippen molar-refractivity contribution in [3.05, 3.63) is 95.3 Å². The van der Waals surface area contributed by atoms with Crippen LogP contribution in [-0.2, 0) is 0 Å². The minimum absolute atomic E-state index is 0.0578. The largest absolute Gasteiger partial charge is 0.456 e. The number of thiol groups is 1. The number of fused-ring (bicyclic) bond motifs is 2. The second kappa shape index (κ2) is 14.6. The molecule has 2 aliphatic rings. The molecule has 1 heterocycles. The van der Waals surface area contributed by atoms with E-state index in [1.54, 1.807) is 18.2 Å². The van der Waals surface area contributed by atoms with Crippen molar-refractivity contribution >= 4 is 35.0 Å². The fraction of sp³-hybridized carbons (Fsp3) is 0.242. The number of rotatable bonds is 4. The van der Waals surface area contributed by atoms with Crippen LogP contribution in [0.1, 0.15) is 25.0 Å². The second-order valence-corrected chi connectivity index (χ2v) is 10.2. The van der Waals surface area contributed by atoms with Gasteiger partial charge in [-0.3, -0.25) is 4.99 Å². The molecule has 234 valence electrons. The maximum absolute atomic E-state index is 12.6. The van der Waals surface area contributed by atoms with E-state index in [-0.39, 0.29) is 22.4 Å². The zero-order valence-electron chi connectivity index (χ0n) is 24.6. The Bertz CT molecular complexity index is 1710. The quantitative estimate of drug-likeness (QED) is 0.0799. The number of hydrogen-bond donors (Lipinski definition) is 3. The highest BCUT2D eigenvalue weighted by molar-refractivity contribution is 7.80. The summed E-state index contributed by atoms with van der Waals surface area (Å²) in [6.45, 7) is 5.36. The smallest absolute Gasteiger partial charge is 0.407 e. The molecule has 0 fully saturated rings. The van der Waals surface area contributed by atoms with Gasteiger partial charge in [0.1, 0.15) is 24.4 Å². The van der Waals surface area contributed by atoms with Gasteiger partial charge in [-0.25, -0.2) is 0 Å². The molecule has 0 spiro atoms. The van der Waals surface area contributed by atoms with Gasteiger partial charge in [0.2, 0.25) is 0 Å². The molecular formula is C33H33F6N3OS. The summed E-state index contributed by atoms with van der Waals surface area (Å²) in [6, 6.07) is 22.4. The van der Waals surface area contributed by atoms with Gasteiger partial charge < -0.3 is 15.5 Å². The lowest BCUT2D eigenvalue weighted by atomic mass is 9.92. The van der Waals surface area contributed by atoms with Crippen LogP contribution in [0.25, 0.3) is 33.4 Å². The van der Waals surface area contributed by atoms with E-state index < -0.39 is 25.4 Å². The Morgan fingerprint density at radius 3 is 2.05 bits per heavy atom. The third-order valence-electron chi connectivity index (χ3n) is 6.15. The summed E-state index contributed by atoms with van der Waals surface area (Å²) in [6.07, 6.45) is -8.87. The SMILES string of the molecule is CC.Cc1ccc(N)c(-c2c3ccc(=NCC(F)(F)F)cc-3oc3cc(NCC(F)(F)F)ccc23)c1.Cc1ccc(S)cc1. The molecule has 0 atom stereocenters. The van der Waals surface area contributed by atoms with Gasteiger partial charge in [-0.05, 0) is 62.4 Å². The van der Waals surface area contributed by atoms with Crippen molar-refractivity contribution in [1.29, 1.82) is 0 Å². The van der Waals surface area contributed by atoms with Gasteiger partial charge in [-0.1, -0.05) is 43.2 Å². The highest BCUT2D eigenvalue weighted by Gasteiger charge is 2.27. The van der Waals surface area contributed by atoms with Crippen molar-refractivity contribution in [2.45, 2.75) is 44.9 Å². The number of aryl methyl sites for hydroxylation is 2. The predicted octanol–water partition coefficient (Wildman–Crippen LogP) is 9.84. The Morgan fingerprint density at radius 1 is 0.773 bits per heavy atom. The maximum atomic E-state index is 12.6. The molecule has 0 amide bonds. The van der Waals surface area contributed by atoms with E-state index in [1.165, 1.54) is 29.8 Å². The van der Waals surface area contributed by atoms with Gasteiger partial charge in [-0.2, -0.15) is 26.3 Å². The lowest BCUT2D eigenvalue weighted by Crippen LogP contribution is -2.21. The summed E-state index contributed by atoms with van der Waals surface area (Å²) < 4.78 is 81.7. The van der Waals surface area contributed by atoms with E-state index in [9.17, 15) is 26.3 Å². The van der Waals surface area contributed by atoms with Crippen LogP contribution < -0.4 is 16.4 Å². The number of alkyl halides is 6. The van der Waals surface area contributed by atoms with Gasteiger partial charge in [0, 0.05) is 50.5 Å². The molecule has 3 aromatic carbocycles. The van der Waals surface area contributed by atoms with Crippen LogP contribution in [-0.4, -0.2) is 25.4 Å². The fourth-order valence-electron chi connectivity index (χ4n) is 4.19. The minimum Gasteiger partial charge on any atom is -0.456 e. The molecule has 3 N–H and O–H groups in total. The number of benzene rings is 4. The number of nitrogens with zero attached hydrogens (tertiary/aromatic N) is 1. The van der Waals surface area contributed by atoms with Crippen molar-refractivity contribution in [2.24, 2.45) is 4.99 Å². The van der Waals surface area contributed by atoms with Crippen molar-refractivity contribution in [3.8, 4) is 22.5 Å². The molecule has 4 nitrogen and oxygen atoms in total. The molecule has 0 bridgehead atoms. The second-order valence-electron chi connectivity index (χ2n) is 9.69. The first-order valence-electron chi connectivity index (χ1n) is 13.7. The van der Waals surface area contributed by atoms with Crippen LogP contribution >= 0.6 is 12.6 Å². The molecule has 5 rings (SSSR count). The summed E-state index contributed by atoms with van der Waals surface area (Å²) in [5.41, 5.74) is 11.2. The molecule has 0 saturated carbocycles. The number of hydrogen-bond acceptors (Lipinski definition) is 5. The zero-order valence-corrected chi connectivity index (χ0v) is 25.5. The van der Waals surface area contributed by atoms with Crippen molar-refractivity contribution < 1.29 is 30.8 Å². The van der Waals surface area contributed by atoms with Gasteiger partial charge >= 0.3 is 12.4 Å². The normalized spacial score (nSPS) is 11.9. The topological polar surface area (TPSA) is 63.5 Å². The summed E-state index contributed by atoms with van der Waals surface area (Å²) in [7, 11) is 0. The van der Waals surface area contributed by atoms with Crippen molar-refractivity contribution in [2.75, 3.05) is 24.1 Å². The molecule has 0 radical (unpaired) electrons. The molecule has 0 aromatic heterocycles. The van der Waals surface area contributed by atoms with E-state index >= 15 is 0 Å². The van der Waals surface area contributed by atoms with Crippen LogP contribution in [0.3, 0.4) is 0 Å². The first-order valence-corrected chi connectivity index (χ1v) is 14.1. The highest BCUT2D eigenvalue weighted by atomic mass is 32.1. The van der Waals surface area contributed by atoms with Crippen molar-refractivity contribution in [1.82, 2.24) is 0 Å². The van der Waals surface area contributed by atoms with Gasteiger partial charge in [0.05, 0.1) is 5.36 Å². The number of halogens is 6. The first kappa shape index (κ1) is 34.4. The molecule has 0 unspecified atom stereocenters. The van der Waals surface area contributed by atoms with E-state index in [1.807, 2.05) is 57.2 Å². The number of nitrogens with one attached hydrogen (secondary N) is 1. The molecule has 3 aromatic rings. The lowest BCUT2D eigenvalue weighted by Gasteiger charge is -2.18. The van der Waals surface area contributed by atoms with Crippen LogP contribution in [0.5, 0.6) is 0 Å². The number of nitrogens with two attached hydrogens (primary N) is 1. The Kier molecular flexibility index (Phi) is 11.4. The Morgan fingerprint density at radius 2 is 1.43 bits per heavy atom. The number of anilines is 2. The molecule has 11 heteroatoms. The Balaban J connectivity index is 0.000000454. The van der Waals surface area contributed by atoms with E-state index in [4.69, 9.17) is 10.2 Å². The minimum atomic E-state index is -4.46. The van der Waals surface area contributed by atoms with E-state index in [0.29, 0.717) is 27.8 Å². The Labute approximate surface area is 257 Å². The fourth-order valence-corrected chi connectivity index (χ4v) is 4.34. The third-order valence-corrected chi connectivity index (χ3v) is 6.45. The van der Waals surface area contributed by atoms with Crippen LogP contribution in [0.2, 0.25) is 0 Å². The van der Waals surface area contributed by atoms with Gasteiger partial charge in [-0.15, -0.1) is 12.6 Å². The molecule has 0 saturated heterocycles. The average Bonchev–Trinajstić information content (AvgIpc) is 2.97. The molecule has 1 aliphatic heterocycles. The molecular weight excluding hydrogens is 600 g/mol. The Hall–Kier alpha value is -4.12. The predicted molar refractivity (Wildman–Crippen MR) is 168 cm³/mol. The lowest BCUT2D eigenvalue weighted by molar-refractivity contribution is -0.118. The van der Waals surface area contributed by atoms with Crippen molar-refractivity contribution in [3.63, 3.8) is 0 Å². The first-order chi connectivity index (χ1) is 20.7.